The summed E-state index contributed by atoms with van der Waals surface area (Å²) in [5.74, 6) is 2.76. The van der Waals surface area contributed by atoms with Crippen LogP contribution in [0, 0.1) is 11.5 Å². The second-order valence-electron chi connectivity index (χ2n) is 4.38. The Morgan fingerprint density at radius 2 is 1.85 bits per heavy atom. The Balaban J connectivity index is 3.99. The minimum atomic E-state index is -1.38. The Hall–Kier alpha value is -0.813. The Morgan fingerprint density at radius 1 is 1.31 bits per heavy atom. The second kappa shape index (κ2) is 5.03. The van der Waals surface area contributed by atoms with Gasteiger partial charge in [0.15, 0.2) is 0 Å². The van der Waals surface area contributed by atoms with Gasteiger partial charge < -0.3 is 0 Å². The molecule has 0 aliphatic carbocycles. The lowest BCUT2D eigenvalue weighted by Crippen LogP contribution is -2.17. The molecule has 0 radical (unpaired) electrons. The average molecular weight is 194 g/mol. The zero-order chi connectivity index (χ0) is 10.5. The summed E-state index contributed by atoms with van der Waals surface area (Å²) in [6.45, 7) is 12.1. The molecule has 72 valence electrons. The van der Waals surface area contributed by atoms with Gasteiger partial charge in [-0.1, -0.05) is 25.2 Å². The number of hydrogen-bond acceptors (Lipinski definition) is 1. The summed E-state index contributed by atoms with van der Waals surface area (Å²) in [6.07, 6.45) is 1.28. The van der Waals surface area contributed by atoms with Gasteiger partial charge in [-0.2, -0.15) is 0 Å². The van der Waals surface area contributed by atoms with Crippen molar-refractivity contribution in [3.05, 3.63) is 12.2 Å². The molecule has 0 bridgehead atoms. The van der Waals surface area contributed by atoms with E-state index in [2.05, 4.69) is 37.7 Å². The maximum absolute atomic E-state index is 11.2. The standard InChI is InChI=1S/C11H18OSi/c1-10(2)6-7-11(12)8-9-13(3,4)5/h1,6-7H2,2-5H3. The molecule has 13 heavy (non-hydrogen) atoms. The van der Waals surface area contributed by atoms with Gasteiger partial charge in [-0.15, -0.1) is 12.1 Å². The summed E-state index contributed by atoms with van der Waals surface area (Å²) < 4.78 is 0. The molecule has 0 atom stereocenters. The average Bonchev–Trinajstić information content (AvgIpc) is 1.95. The van der Waals surface area contributed by atoms with E-state index in [0.29, 0.717) is 6.42 Å². The van der Waals surface area contributed by atoms with Gasteiger partial charge in [0.25, 0.3) is 0 Å². The number of allylic oxidation sites excluding steroid dienone is 1. The van der Waals surface area contributed by atoms with Gasteiger partial charge in [0.2, 0.25) is 5.78 Å². The van der Waals surface area contributed by atoms with Gasteiger partial charge in [0.1, 0.15) is 8.07 Å². The van der Waals surface area contributed by atoms with Gasteiger partial charge in [-0.3, -0.25) is 4.79 Å². The summed E-state index contributed by atoms with van der Waals surface area (Å²) >= 11 is 0. The van der Waals surface area contributed by atoms with Crippen LogP contribution in [0.1, 0.15) is 19.8 Å². The van der Waals surface area contributed by atoms with E-state index in [0.717, 1.165) is 12.0 Å². The third-order valence-corrected chi connectivity index (χ3v) is 2.23. The van der Waals surface area contributed by atoms with Crippen LogP contribution < -0.4 is 0 Å². The topological polar surface area (TPSA) is 17.1 Å². The zero-order valence-electron chi connectivity index (χ0n) is 9.03. The van der Waals surface area contributed by atoms with Crippen LogP contribution in [0.15, 0.2) is 12.2 Å². The molecule has 1 nitrogen and oxygen atoms in total. The van der Waals surface area contributed by atoms with Crippen molar-refractivity contribution in [3.63, 3.8) is 0 Å². The molecule has 0 spiro atoms. The lowest BCUT2D eigenvalue weighted by molar-refractivity contribution is -0.113. The number of rotatable bonds is 3. The Bertz CT molecular complexity index is 260. The van der Waals surface area contributed by atoms with E-state index >= 15 is 0 Å². The highest BCUT2D eigenvalue weighted by Crippen LogP contribution is 2.01. The lowest BCUT2D eigenvalue weighted by atomic mass is 10.1. The van der Waals surface area contributed by atoms with Crippen molar-refractivity contribution in [1.82, 2.24) is 0 Å². The zero-order valence-corrected chi connectivity index (χ0v) is 10.0. The molecule has 0 aromatic rings. The van der Waals surface area contributed by atoms with Crippen molar-refractivity contribution < 1.29 is 4.79 Å². The number of Topliss-reactive ketones (excluding diaryl/α,β-unsaturated/α-hetero) is 1. The SMILES string of the molecule is C=C(C)CCC(=O)C#C[Si](C)(C)C. The van der Waals surface area contributed by atoms with E-state index in [1.807, 2.05) is 6.92 Å². The van der Waals surface area contributed by atoms with Crippen molar-refractivity contribution >= 4 is 13.9 Å². The Kier molecular flexibility index (Phi) is 4.72. The van der Waals surface area contributed by atoms with Crippen LogP contribution in [-0.2, 0) is 4.79 Å². The van der Waals surface area contributed by atoms with E-state index in [1.54, 1.807) is 0 Å². The van der Waals surface area contributed by atoms with Crippen LogP contribution in [0.4, 0.5) is 0 Å². The van der Waals surface area contributed by atoms with Gasteiger partial charge in [-0.25, -0.2) is 0 Å². The molecule has 0 aliphatic rings. The molecular formula is C11H18OSi. The minimum absolute atomic E-state index is 0.0467. The number of carbonyl (C=O) groups is 1. The molecule has 0 unspecified atom stereocenters. The molecule has 0 N–H and O–H groups in total. The maximum atomic E-state index is 11.2. The van der Waals surface area contributed by atoms with E-state index in [4.69, 9.17) is 0 Å². The van der Waals surface area contributed by atoms with Crippen molar-refractivity contribution in [2.45, 2.75) is 39.4 Å². The van der Waals surface area contributed by atoms with Gasteiger partial charge in [0.05, 0.1) is 0 Å². The fraction of sp³-hybridized carbons (Fsp3) is 0.545. The Morgan fingerprint density at radius 3 is 2.23 bits per heavy atom. The summed E-state index contributed by atoms with van der Waals surface area (Å²) in [7, 11) is -1.38. The molecule has 0 fully saturated rings. The molecular weight excluding hydrogens is 176 g/mol. The molecule has 0 aromatic heterocycles. The molecule has 2 heteroatoms. The molecule has 0 aliphatic heterocycles. The van der Waals surface area contributed by atoms with E-state index in [-0.39, 0.29) is 5.78 Å². The highest BCUT2D eigenvalue weighted by molar-refractivity contribution is 6.84. The van der Waals surface area contributed by atoms with Crippen molar-refractivity contribution in [2.75, 3.05) is 0 Å². The van der Waals surface area contributed by atoms with Crippen LogP contribution in [-0.4, -0.2) is 13.9 Å². The summed E-state index contributed by atoms with van der Waals surface area (Å²) in [4.78, 5) is 11.2. The van der Waals surface area contributed by atoms with Crippen LogP contribution in [0.5, 0.6) is 0 Å². The quantitative estimate of drug-likeness (QED) is 0.383. The summed E-state index contributed by atoms with van der Waals surface area (Å²) in [6, 6.07) is 0. The first-order chi connectivity index (χ1) is 5.81. The highest BCUT2D eigenvalue weighted by atomic mass is 28.3. The first-order valence-corrected chi connectivity index (χ1v) is 8.01. The van der Waals surface area contributed by atoms with E-state index in [1.165, 1.54) is 0 Å². The number of carbonyl (C=O) groups excluding carboxylic acids is 1. The van der Waals surface area contributed by atoms with Crippen LogP contribution in [0.25, 0.3) is 0 Å². The predicted octanol–water partition coefficient (Wildman–Crippen LogP) is 2.79. The molecule has 0 saturated carbocycles. The monoisotopic (exact) mass is 194 g/mol. The minimum Gasteiger partial charge on any atom is -0.285 e. The lowest BCUT2D eigenvalue weighted by Gasteiger charge is -2.02. The molecule has 0 aromatic carbocycles. The third-order valence-electron chi connectivity index (χ3n) is 1.36. The number of hydrogen-bond donors (Lipinski definition) is 0. The van der Waals surface area contributed by atoms with Gasteiger partial charge >= 0.3 is 0 Å². The fourth-order valence-electron chi connectivity index (χ4n) is 0.647. The highest BCUT2D eigenvalue weighted by Gasteiger charge is 2.08. The van der Waals surface area contributed by atoms with Crippen molar-refractivity contribution in [1.29, 1.82) is 0 Å². The smallest absolute Gasteiger partial charge is 0.205 e. The first kappa shape index (κ1) is 12.2. The van der Waals surface area contributed by atoms with E-state index < -0.39 is 8.07 Å². The summed E-state index contributed by atoms with van der Waals surface area (Å²) in [5.41, 5.74) is 4.10. The van der Waals surface area contributed by atoms with Crippen LogP contribution in [0.2, 0.25) is 19.6 Å². The van der Waals surface area contributed by atoms with Crippen LogP contribution in [0.3, 0.4) is 0 Å². The fourth-order valence-corrected chi connectivity index (χ4v) is 1.16. The molecule has 0 heterocycles. The predicted molar refractivity (Wildman–Crippen MR) is 60.2 cm³/mol. The third kappa shape index (κ3) is 9.10. The first-order valence-electron chi connectivity index (χ1n) is 4.51. The van der Waals surface area contributed by atoms with Crippen molar-refractivity contribution in [2.24, 2.45) is 0 Å². The van der Waals surface area contributed by atoms with Gasteiger partial charge in [0, 0.05) is 6.42 Å². The normalized spacial score (nSPS) is 10.2. The largest absolute Gasteiger partial charge is 0.285 e. The molecule has 0 saturated heterocycles. The van der Waals surface area contributed by atoms with Crippen molar-refractivity contribution in [3.8, 4) is 11.5 Å². The van der Waals surface area contributed by atoms with Gasteiger partial charge in [-0.05, 0) is 19.3 Å². The second-order valence-corrected chi connectivity index (χ2v) is 9.13. The molecule has 0 rings (SSSR count). The maximum Gasteiger partial charge on any atom is 0.205 e. The van der Waals surface area contributed by atoms with E-state index in [9.17, 15) is 4.79 Å². The summed E-state index contributed by atoms with van der Waals surface area (Å²) in [5, 5.41) is 0. The van der Waals surface area contributed by atoms with Crippen LogP contribution >= 0.6 is 0 Å². The molecule has 0 amide bonds. The number of ketones is 1. The Labute approximate surface area is 82.2 Å².